The van der Waals surface area contributed by atoms with Gasteiger partial charge in [0.15, 0.2) is 5.69 Å². The van der Waals surface area contributed by atoms with Gasteiger partial charge in [-0.05, 0) is 13.0 Å². The van der Waals surface area contributed by atoms with Crippen LogP contribution in [-0.2, 0) is 18.4 Å². The number of hydrogen-bond acceptors (Lipinski definition) is 5. The zero-order valence-corrected chi connectivity index (χ0v) is 13.3. The summed E-state index contributed by atoms with van der Waals surface area (Å²) >= 11 is 0. The van der Waals surface area contributed by atoms with E-state index in [9.17, 15) is 14.4 Å². The van der Waals surface area contributed by atoms with Crippen molar-refractivity contribution in [2.45, 2.75) is 13.5 Å². The van der Waals surface area contributed by atoms with E-state index >= 15 is 0 Å². The maximum atomic E-state index is 12.0. The number of nitrogens with zero attached hydrogens (tertiary/aromatic N) is 4. The Balaban J connectivity index is 1.78. The first-order chi connectivity index (χ1) is 11.4. The Morgan fingerprint density at radius 3 is 2.58 bits per heavy atom. The highest BCUT2D eigenvalue weighted by Gasteiger charge is 2.20. The molecule has 0 aliphatic heterocycles. The largest absolute Gasteiger partial charge is 0.476 e. The molecular weight excluding hydrogens is 316 g/mol. The first kappa shape index (κ1) is 17.2. The highest BCUT2D eigenvalue weighted by atomic mass is 16.4. The number of carboxylic acids is 1. The molecule has 3 N–H and O–H groups in total. The molecule has 0 bridgehead atoms. The molecule has 0 atom stereocenters. The lowest BCUT2D eigenvalue weighted by Crippen LogP contribution is -2.36. The molecule has 0 spiro atoms. The van der Waals surface area contributed by atoms with E-state index in [1.165, 1.54) is 17.9 Å². The van der Waals surface area contributed by atoms with Crippen LogP contribution in [0.15, 0.2) is 18.5 Å². The fourth-order valence-corrected chi connectivity index (χ4v) is 2.04. The number of rotatable bonds is 7. The van der Waals surface area contributed by atoms with Crippen molar-refractivity contribution < 1.29 is 19.5 Å². The van der Waals surface area contributed by atoms with Crippen molar-refractivity contribution in [2.24, 2.45) is 7.05 Å². The van der Waals surface area contributed by atoms with Crippen molar-refractivity contribution in [1.82, 2.24) is 30.2 Å². The summed E-state index contributed by atoms with van der Waals surface area (Å²) in [5, 5.41) is 21.9. The van der Waals surface area contributed by atoms with E-state index in [-0.39, 0.29) is 36.8 Å². The molecular formula is C14H18N6O4. The van der Waals surface area contributed by atoms with Crippen LogP contribution in [0.25, 0.3) is 0 Å². The third-order valence-corrected chi connectivity index (χ3v) is 3.23. The molecule has 0 unspecified atom stereocenters. The van der Waals surface area contributed by atoms with Crippen LogP contribution < -0.4 is 10.6 Å². The van der Waals surface area contributed by atoms with Crippen LogP contribution in [-0.4, -0.2) is 55.5 Å². The molecule has 10 heteroatoms. The predicted molar refractivity (Wildman–Crippen MR) is 82.5 cm³/mol. The monoisotopic (exact) mass is 334 g/mol. The van der Waals surface area contributed by atoms with Gasteiger partial charge in [-0.25, -0.2) is 4.79 Å². The summed E-state index contributed by atoms with van der Waals surface area (Å²) in [6, 6.07) is 1.79. The summed E-state index contributed by atoms with van der Waals surface area (Å²) in [7, 11) is 1.53. The smallest absolute Gasteiger partial charge is 0.357 e. The van der Waals surface area contributed by atoms with E-state index in [0.29, 0.717) is 0 Å². The molecule has 0 aliphatic carbocycles. The maximum Gasteiger partial charge on any atom is 0.357 e. The Labute approximate surface area is 137 Å². The van der Waals surface area contributed by atoms with Gasteiger partial charge in [-0.3, -0.25) is 19.0 Å². The summed E-state index contributed by atoms with van der Waals surface area (Å²) in [5.41, 5.74) is 0.535. The van der Waals surface area contributed by atoms with Crippen LogP contribution in [0, 0.1) is 6.92 Å². The van der Waals surface area contributed by atoms with Crippen molar-refractivity contribution in [3.05, 3.63) is 35.4 Å². The summed E-state index contributed by atoms with van der Waals surface area (Å²) in [4.78, 5) is 34.7. The molecule has 0 aromatic carbocycles. The van der Waals surface area contributed by atoms with Crippen molar-refractivity contribution in [2.75, 3.05) is 13.1 Å². The number of carbonyl (C=O) groups excluding carboxylic acids is 2. The Morgan fingerprint density at radius 1 is 1.25 bits per heavy atom. The second-order valence-corrected chi connectivity index (χ2v) is 5.11. The molecule has 0 aliphatic rings. The third-order valence-electron chi connectivity index (χ3n) is 3.23. The van der Waals surface area contributed by atoms with Gasteiger partial charge in [-0.15, -0.1) is 0 Å². The second-order valence-electron chi connectivity index (χ2n) is 5.11. The molecule has 0 saturated heterocycles. The zero-order valence-electron chi connectivity index (χ0n) is 13.3. The van der Waals surface area contributed by atoms with Gasteiger partial charge in [0.2, 0.25) is 5.91 Å². The van der Waals surface area contributed by atoms with E-state index < -0.39 is 11.9 Å². The quantitative estimate of drug-likeness (QED) is 0.566. The van der Waals surface area contributed by atoms with Crippen molar-refractivity contribution >= 4 is 17.8 Å². The second kappa shape index (κ2) is 7.40. The van der Waals surface area contributed by atoms with Gasteiger partial charge in [0.05, 0.1) is 5.56 Å². The van der Waals surface area contributed by atoms with Crippen molar-refractivity contribution in [3.8, 4) is 0 Å². The molecule has 2 aromatic rings. The van der Waals surface area contributed by atoms with E-state index in [2.05, 4.69) is 20.8 Å². The van der Waals surface area contributed by atoms with Gasteiger partial charge in [0.25, 0.3) is 5.91 Å². The van der Waals surface area contributed by atoms with Crippen LogP contribution in [0.4, 0.5) is 0 Å². The SMILES string of the molecule is Cc1ccnn1CC(=O)NCCNC(=O)c1cn(C)nc1C(=O)O. The molecule has 24 heavy (non-hydrogen) atoms. The summed E-state index contributed by atoms with van der Waals surface area (Å²) < 4.78 is 2.81. The van der Waals surface area contributed by atoms with Crippen LogP contribution >= 0.6 is 0 Å². The van der Waals surface area contributed by atoms with Crippen LogP contribution in [0.2, 0.25) is 0 Å². The molecule has 10 nitrogen and oxygen atoms in total. The van der Waals surface area contributed by atoms with Gasteiger partial charge < -0.3 is 15.7 Å². The average Bonchev–Trinajstić information content (AvgIpc) is 3.10. The summed E-state index contributed by atoms with van der Waals surface area (Å²) in [6.45, 7) is 2.32. The Kier molecular flexibility index (Phi) is 5.30. The molecule has 2 amide bonds. The van der Waals surface area contributed by atoms with Crippen LogP contribution in [0.5, 0.6) is 0 Å². The van der Waals surface area contributed by atoms with Crippen LogP contribution in [0.3, 0.4) is 0 Å². The van der Waals surface area contributed by atoms with Gasteiger partial charge in [0.1, 0.15) is 6.54 Å². The first-order valence-corrected chi connectivity index (χ1v) is 7.18. The maximum absolute atomic E-state index is 12.0. The van der Waals surface area contributed by atoms with E-state index in [1.807, 2.05) is 6.92 Å². The zero-order chi connectivity index (χ0) is 17.7. The van der Waals surface area contributed by atoms with E-state index in [0.717, 1.165) is 5.69 Å². The Bertz CT molecular complexity index is 763. The summed E-state index contributed by atoms with van der Waals surface area (Å²) in [5.74, 6) is -2.06. The average molecular weight is 334 g/mol. The number of carbonyl (C=O) groups is 3. The lowest BCUT2D eigenvalue weighted by Gasteiger charge is -2.08. The number of nitrogens with one attached hydrogen (secondary N) is 2. The lowest BCUT2D eigenvalue weighted by molar-refractivity contribution is -0.121. The molecule has 2 heterocycles. The van der Waals surface area contributed by atoms with Gasteiger partial charge in [0, 0.05) is 38.2 Å². The molecule has 2 aromatic heterocycles. The van der Waals surface area contributed by atoms with Gasteiger partial charge >= 0.3 is 5.97 Å². The normalized spacial score (nSPS) is 10.4. The number of aryl methyl sites for hydroxylation is 2. The van der Waals surface area contributed by atoms with Crippen LogP contribution in [0.1, 0.15) is 26.5 Å². The minimum Gasteiger partial charge on any atom is -0.476 e. The van der Waals surface area contributed by atoms with Gasteiger partial charge in [-0.1, -0.05) is 0 Å². The van der Waals surface area contributed by atoms with Crippen molar-refractivity contribution in [1.29, 1.82) is 0 Å². The fourth-order valence-electron chi connectivity index (χ4n) is 2.04. The molecule has 128 valence electrons. The molecule has 2 rings (SSSR count). The third kappa shape index (κ3) is 4.18. The number of hydrogen-bond donors (Lipinski definition) is 3. The topological polar surface area (TPSA) is 131 Å². The van der Waals surface area contributed by atoms with Gasteiger partial charge in [-0.2, -0.15) is 10.2 Å². The van der Waals surface area contributed by atoms with Crippen molar-refractivity contribution in [3.63, 3.8) is 0 Å². The molecule has 0 radical (unpaired) electrons. The summed E-state index contributed by atoms with van der Waals surface area (Å²) in [6.07, 6.45) is 2.94. The van der Waals surface area contributed by atoms with E-state index in [1.54, 1.807) is 16.9 Å². The fraction of sp³-hybridized carbons (Fsp3) is 0.357. The molecule has 0 saturated carbocycles. The number of carboxylic acid groups (broad SMARTS) is 1. The molecule has 0 fully saturated rings. The minimum absolute atomic E-state index is 0.0245. The number of amides is 2. The predicted octanol–water partition coefficient (Wildman–Crippen LogP) is -0.831. The Hall–Kier alpha value is -3.17. The number of aromatic carboxylic acids is 1. The minimum atomic E-state index is -1.27. The number of aromatic nitrogens is 4. The lowest BCUT2D eigenvalue weighted by atomic mass is 10.2. The highest BCUT2D eigenvalue weighted by molar-refractivity contribution is 6.03. The highest BCUT2D eigenvalue weighted by Crippen LogP contribution is 2.05. The standard InChI is InChI=1S/C14H18N6O4/c1-9-3-4-17-20(9)8-11(21)15-5-6-16-13(22)10-7-19(2)18-12(10)14(23)24/h3-4,7H,5-6,8H2,1-2H3,(H,15,21)(H,16,22)(H,23,24). The van der Waals surface area contributed by atoms with E-state index in [4.69, 9.17) is 5.11 Å². The Morgan fingerprint density at radius 2 is 1.96 bits per heavy atom. The first-order valence-electron chi connectivity index (χ1n) is 7.18.